The standard InChI is InChI=1S/C31H26FNO4S/c32-26-16-18-27(19-17-26)38-22-31(20-23-10-4-1-5-11-23)29(34)37-28(25-14-8-3-9-15-25)33(31)30(35)36-21-24-12-6-2-7-13-24/h1-19,28H,20-22H2/t28-,31+/m1/s1. The number of amides is 1. The van der Waals surface area contributed by atoms with E-state index in [1.807, 2.05) is 91.0 Å². The quantitative estimate of drug-likeness (QED) is 0.186. The summed E-state index contributed by atoms with van der Waals surface area (Å²) < 4.78 is 25.2. The van der Waals surface area contributed by atoms with Crippen molar-refractivity contribution in [2.45, 2.75) is 29.7 Å². The Labute approximate surface area is 225 Å². The molecular weight excluding hydrogens is 501 g/mol. The second-order valence-corrected chi connectivity index (χ2v) is 10.1. The first-order valence-corrected chi connectivity index (χ1v) is 13.2. The number of hydrogen-bond acceptors (Lipinski definition) is 5. The third-order valence-electron chi connectivity index (χ3n) is 6.41. The lowest BCUT2D eigenvalue weighted by Crippen LogP contribution is -2.55. The highest BCUT2D eigenvalue weighted by atomic mass is 32.2. The Bertz CT molecular complexity index is 1370. The molecule has 5 nitrogen and oxygen atoms in total. The third kappa shape index (κ3) is 5.58. The Balaban J connectivity index is 1.53. The third-order valence-corrected chi connectivity index (χ3v) is 7.64. The van der Waals surface area contributed by atoms with Crippen LogP contribution in [0.15, 0.2) is 120 Å². The van der Waals surface area contributed by atoms with Gasteiger partial charge >= 0.3 is 12.1 Å². The average molecular weight is 528 g/mol. The monoisotopic (exact) mass is 527 g/mol. The van der Waals surface area contributed by atoms with Crippen molar-refractivity contribution in [2.75, 3.05) is 5.75 Å². The summed E-state index contributed by atoms with van der Waals surface area (Å²) in [6.45, 7) is 0.0540. The van der Waals surface area contributed by atoms with E-state index in [2.05, 4.69) is 0 Å². The maximum Gasteiger partial charge on any atom is 0.414 e. The van der Waals surface area contributed by atoms with Crippen LogP contribution >= 0.6 is 11.8 Å². The van der Waals surface area contributed by atoms with Crippen molar-refractivity contribution in [1.29, 1.82) is 0 Å². The van der Waals surface area contributed by atoms with E-state index in [-0.39, 0.29) is 24.6 Å². The number of halogens is 1. The Morgan fingerprint density at radius 3 is 2.05 bits per heavy atom. The number of esters is 1. The number of ether oxygens (including phenoxy) is 2. The number of carbonyl (C=O) groups excluding carboxylic acids is 2. The van der Waals surface area contributed by atoms with Crippen LogP contribution in [0.2, 0.25) is 0 Å². The fourth-order valence-corrected chi connectivity index (χ4v) is 5.58. The van der Waals surface area contributed by atoms with E-state index in [1.54, 1.807) is 12.1 Å². The molecule has 0 aromatic heterocycles. The summed E-state index contributed by atoms with van der Waals surface area (Å²) in [6.07, 6.45) is -1.38. The lowest BCUT2D eigenvalue weighted by molar-refractivity contribution is -0.145. The van der Waals surface area contributed by atoms with Crippen LogP contribution < -0.4 is 0 Å². The molecule has 0 unspecified atom stereocenters. The van der Waals surface area contributed by atoms with Crippen LogP contribution in [0.25, 0.3) is 0 Å². The molecule has 5 rings (SSSR count). The smallest absolute Gasteiger partial charge is 0.414 e. The van der Waals surface area contributed by atoms with Crippen LogP contribution in [0.5, 0.6) is 0 Å². The number of hydrogen-bond donors (Lipinski definition) is 0. The van der Waals surface area contributed by atoms with Gasteiger partial charge in [0.1, 0.15) is 12.4 Å². The van der Waals surface area contributed by atoms with E-state index in [4.69, 9.17) is 9.47 Å². The molecule has 0 N–H and O–H groups in total. The molecule has 2 atom stereocenters. The lowest BCUT2D eigenvalue weighted by atomic mass is 9.91. The first-order chi connectivity index (χ1) is 18.5. The molecule has 7 heteroatoms. The van der Waals surface area contributed by atoms with Crippen molar-refractivity contribution in [1.82, 2.24) is 4.90 Å². The number of benzene rings is 4. The second-order valence-electron chi connectivity index (χ2n) is 9.02. The summed E-state index contributed by atoms with van der Waals surface area (Å²) in [6, 6.07) is 34.1. The summed E-state index contributed by atoms with van der Waals surface area (Å²) >= 11 is 1.36. The van der Waals surface area contributed by atoms with E-state index in [0.29, 0.717) is 5.56 Å². The van der Waals surface area contributed by atoms with Gasteiger partial charge in [0.05, 0.1) is 0 Å². The topological polar surface area (TPSA) is 55.8 Å². The number of nitrogens with zero attached hydrogens (tertiary/aromatic N) is 1. The number of carbonyl (C=O) groups is 2. The first-order valence-electron chi connectivity index (χ1n) is 12.2. The van der Waals surface area contributed by atoms with Gasteiger partial charge in [-0.2, -0.15) is 0 Å². The van der Waals surface area contributed by atoms with Crippen LogP contribution in [0.4, 0.5) is 9.18 Å². The number of thioether (sulfide) groups is 1. The molecular formula is C31H26FNO4S. The highest BCUT2D eigenvalue weighted by Crippen LogP contribution is 2.43. The van der Waals surface area contributed by atoms with Gasteiger partial charge in [0, 0.05) is 22.6 Å². The molecule has 0 spiro atoms. The Morgan fingerprint density at radius 2 is 1.42 bits per heavy atom. The van der Waals surface area contributed by atoms with Crippen LogP contribution in [0.3, 0.4) is 0 Å². The largest absolute Gasteiger partial charge is 0.444 e. The summed E-state index contributed by atoms with van der Waals surface area (Å²) in [5.74, 6) is -0.666. The van der Waals surface area contributed by atoms with E-state index < -0.39 is 23.8 Å². The zero-order valence-electron chi connectivity index (χ0n) is 20.5. The fraction of sp³-hybridized carbons (Fsp3) is 0.161. The second kappa shape index (κ2) is 11.5. The summed E-state index contributed by atoms with van der Waals surface area (Å²) in [5.41, 5.74) is 1.00. The van der Waals surface area contributed by atoms with E-state index >= 15 is 0 Å². The van der Waals surface area contributed by atoms with Crippen molar-refractivity contribution < 1.29 is 23.5 Å². The highest BCUT2D eigenvalue weighted by Gasteiger charge is 2.58. The minimum atomic E-state index is -1.37. The SMILES string of the molecule is O=C(OCc1ccccc1)N1[C@@H](c2ccccc2)OC(=O)[C@@]1(CSc1ccc(F)cc1)Cc1ccccc1. The Kier molecular flexibility index (Phi) is 7.75. The Morgan fingerprint density at radius 1 is 0.842 bits per heavy atom. The summed E-state index contributed by atoms with van der Waals surface area (Å²) in [7, 11) is 0. The summed E-state index contributed by atoms with van der Waals surface area (Å²) in [4.78, 5) is 29.8. The van der Waals surface area contributed by atoms with E-state index in [9.17, 15) is 14.0 Å². The molecule has 0 saturated carbocycles. The molecule has 1 saturated heterocycles. The average Bonchev–Trinajstić information content (AvgIpc) is 3.24. The highest BCUT2D eigenvalue weighted by molar-refractivity contribution is 7.99. The molecule has 1 amide bonds. The van der Waals surface area contributed by atoms with Crippen LogP contribution in [-0.2, 0) is 27.3 Å². The maximum absolute atomic E-state index is 13.8. The molecule has 1 aliphatic rings. The van der Waals surface area contributed by atoms with Gasteiger partial charge in [0.15, 0.2) is 5.54 Å². The van der Waals surface area contributed by atoms with Gasteiger partial charge in [0.2, 0.25) is 6.23 Å². The van der Waals surface area contributed by atoms with E-state index in [0.717, 1.165) is 16.0 Å². The predicted molar refractivity (Wildman–Crippen MR) is 144 cm³/mol. The van der Waals surface area contributed by atoms with Crippen molar-refractivity contribution in [3.05, 3.63) is 138 Å². The van der Waals surface area contributed by atoms with E-state index in [1.165, 1.54) is 28.8 Å². The molecule has 4 aromatic carbocycles. The molecule has 0 radical (unpaired) electrons. The normalized spacial score (nSPS) is 18.7. The zero-order chi connectivity index (χ0) is 26.4. The van der Waals surface area contributed by atoms with Gasteiger partial charge in [-0.05, 0) is 35.4 Å². The van der Waals surface area contributed by atoms with Crippen LogP contribution in [0, 0.1) is 5.82 Å². The number of cyclic esters (lactones) is 1. The molecule has 1 aliphatic heterocycles. The van der Waals surface area contributed by atoms with Gasteiger partial charge in [-0.3, -0.25) is 0 Å². The van der Waals surface area contributed by atoms with Gasteiger partial charge in [-0.1, -0.05) is 91.0 Å². The molecule has 1 heterocycles. The Hall–Kier alpha value is -4.10. The van der Waals surface area contributed by atoms with Crippen LogP contribution in [-0.4, -0.2) is 28.3 Å². The molecule has 1 fully saturated rings. The van der Waals surface area contributed by atoms with Gasteiger partial charge in [-0.25, -0.2) is 18.9 Å². The molecule has 38 heavy (non-hydrogen) atoms. The van der Waals surface area contributed by atoms with Gasteiger partial charge in [-0.15, -0.1) is 11.8 Å². The molecule has 0 aliphatic carbocycles. The molecule has 0 bridgehead atoms. The predicted octanol–water partition coefficient (Wildman–Crippen LogP) is 6.79. The zero-order valence-corrected chi connectivity index (χ0v) is 21.4. The van der Waals surface area contributed by atoms with Gasteiger partial charge < -0.3 is 9.47 Å². The fourth-order valence-electron chi connectivity index (χ4n) is 4.48. The van der Waals surface area contributed by atoms with Crippen LogP contribution in [0.1, 0.15) is 22.9 Å². The lowest BCUT2D eigenvalue weighted by Gasteiger charge is -2.35. The van der Waals surface area contributed by atoms with Crippen molar-refractivity contribution in [2.24, 2.45) is 0 Å². The summed E-state index contributed by atoms with van der Waals surface area (Å²) in [5, 5.41) is 0. The van der Waals surface area contributed by atoms with Crippen molar-refractivity contribution in [3.63, 3.8) is 0 Å². The van der Waals surface area contributed by atoms with Crippen molar-refractivity contribution in [3.8, 4) is 0 Å². The van der Waals surface area contributed by atoms with Gasteiger partial charge in [0.25, 0.3) is 0 Å². The minimum absolute atomic E-state index is 0.0540. The molecule has 192 valence electrons. The molecule has 4 aromatic rings. The maximum atomic E-state index is 13.8. The minimum Gasteiger partial charge on any atom is -0.444 e. The van der Waals surface area contributed by atoms with Crippen molar-refractivity contribution >= 4 is 23.8 Å². The first kappa shape index (κ1) is 25.5. The number of rotatable bonds is 8.